The molecule has 7 nitrogen and oxygen atoms in total. The van der Waals surface area contributed by atoms with E-state index >= 15 is 0 Å². The minimum atomic E-state index is 0.185. The van der Waals surface area contributed by atoms with Crippen LogP contribution in [0.3, 0.4) is 0 Å². The fourth-order valence-electron chi connectivity index (χ4n) is 3.71. The maximum absolute atomic E-state index is 5.59. The summed E-state index contributed by atoms with van der Waals surface area (Å²) in [6.45, 7) is 6.67. The quantitative estimate of drug-likeness (QED) is 0.629. The average molecular weight is 349 g/mol. The van der Waals surface area contributed by atoms with Gasteiger partial charge in [-0.15, -0.1) is 0 Å². The molecule has 0 saturated carbocycles. The highest BCUT2D eigenvalue weighted by Crippen LogP contribution is 2.19. The van der Waals surface area contributed by atoms with E-state index in [0.29, 0.717) is 6.04 Å². The van der Waals surface area contributed by atoms with Crippen molar-refractivity contribution in [3.8, 4) is 0 Å². The van der Waals surface area contributed by atoms with E-state index in [1.807, 2.05) is 19.2 Å². The number of guanidine groups is 1. The van der Waals surface area contributed by atoms with E-state index in [1.165, 1.54) is 6.42 Å². The molecule has 0 aliphatic carbocycles. The second-order valence-corrected chi connectivity index (χ2v) is 6.96. The number of morpholine rings is 1. The summed E-state index contributed by atoms with van der Waals surface area (Å²) in [5.74, 6) is 1.95. The van der Waals surface area contributed by atoms with Crippen molar-refractivity contribution < 1.29 is 9.15 Å². The van der Waals surface area contributed by atoms with Gasteiger partial charge >= 0.3 is 0 Å². The zero-order valence-electron chi connectivity index (χ0n) is 15.6. The number of hydrogen-bond donors (Lipinski definition) is 1. The summed E-state index contributed by atoms with van der Waals surface area (Å²) >= 11 is 0. The van der Waals surface area contributed by atoms with Crippen molar-refractivity contribution in [2.45, 2.75) is 18.5 Å². The van der Waals surface area contributed by atoms with Crippen LogP contribution in [0.4, 0.5) is 0 Å². The highest BCUT2D eigenvalue weighted by atomic mass is 16.5. The first-order valence-corrected chi connectivity index (χ1v) is 9.16. The highest BCUT2D eigenvalue weighted by molar-refractivity contribution is 5.80. The molecule has 3 rings (SSSR count). The van der Waals surface area contributed by atoms with Crippen molar-refractivity contribution in [1.82, 2.24) is 20.0 Å². The van der Waals surface area contributed by atoms with Crippen molar-refractivity contribution in [2.75, 3.05) is 67.1 Å². The van der Waals surface area contributed by atoms with Gasteiger partial charge < -0.3 is 19.4 Å². The summed E-state index contributed by atoms with van der Waals surface area (Å²) in [5, 5.41) is 3.54. The van der Waals surface area contributed by atoms with Gasteiger partial charge in [-0.05, 0) is 32.6 Å². The lowest BCUT2D eigenvalue weighted by atomic mass is 10.2. The summed E-state index contributed by atoms with van der Waals surface area (Å²) in [5.41, 5.74) is 0. The number of nitrogens with zero attached hydrogens (tertiary/aromatic N) is 4. The molecule has 1 aromatic heterocycles. The van der Waals surface area contributed by atoms with Gasteiger partial charge in [0.05, 0.1) is 25.5 Å². The second kappa shape index (κ2) is 8.69. The van der Waals surface area contributed by atoms with Gasteiger partial charge in [0, 0.05) is 45.8 Å². The highest BCUT2D eigenvalue weighted by Gasteiger charge is 2.30. The van der Waals surface area contributed by atoms with Crippen LogP contribution >= 0.6 is 0 Å². The monoisotopic (exact) mass is 349 g/mol. The lowest BCUT2D eigenvalue weighted by Crippen LogP contribution is -2.47. The predicted octanol–water partition coefficient (Wildman–Crippen LogP) is 0.864. The molecule has 1 N–H and O–H groups in total. The number of rotatable bonds is 5. The molecule has 140 valence electrons. The van der Waals surface area contributed by atoms with Gasteiger partial charge in [0.1, 0.15) is 5.76 Å². The van der Waals surface area contributed by atoms with Gasteiger partial charge in [-0.1, -0.05) is 0 Å². The fraction of sp³-hybridized carbons (Fsp3) is 0.722. The third-order valence-electron chi connectivity index (χ3n) is 5.19. The van der Waals surface area contributed by atoms with E-state index in [1.54, 1.807) is 6.26 Å². The maximum Gasteiger partial charge on any atom is 0.193 e. The SMILES string of the molecule is CN=C(NCC(c1ccco1)N(C)C)N1CCC(N2CCOCC2)C1. The molecule has 2 saturated heterocycles. The van der Waals surface area contributed by atoms with E-state index in [2.05, 4.69) is 39.1 Å². The minimum absolute atomic E-state index is 0.185. The van der Waals surface area contributed by atoms with Crippen molar-refractivity contribution in [1.29, 1.82) is 0 Å². The van der Waals surface area contributed by atoms with Gasteiger partial charge in [-0.3, -0.25) is 14.8 Å². The Balaban J connectivity index is 1.54. The van der Waals surface area contributed by atoms with E-state index in [9.17, 15) is 0 Å². The number of aliphatic imine (C=N–C) groups is 1. The van der Waals surface area contributed by atoms with E-state index < -0.39 is 0 Å². The Bertz CT molecular complexity index is 540. The summed E-state index contributed by atoms with van der Waals surface area (Å²) in [6, 6.07) is 4.76. The van der Waals surface area contributed by atoms with Crippen LogP contribution in [0.1, 0.15) is 18.2 Å². The van der Waals surface area contributed by atoms with Gasteiger partial charge in [0.2, 0.25) is 0 Å². The number of likely N-dealkylation sites (N-methyl/N-ethyl adjacent to an activating group) is 1. The topological polar surface area (TPSA) is 56.5 Å². The van der Waals surface area contributed by atoms with Crippen LogP contribution in [-0.2, 0) is 4.74 Å². The number of likely N-dealkylation sites (tertiary alicyclic amines) is 1. The summed E-state index contributed by atoms with van der Waals surface area (Å²) < 4.78 is 11.1. The van der Waals surface area contributed by atoms with Crippen LogP contribution in [0.15, 0.2) is 27.8 Å². The molecule has 0 amide bonds. The van der Waals surface area contributed by atoms with E-state index in [4.69, 9.17) is 9.15 Å². The van der Waals surface area contributed by atoms with Crippen molar-refractivity contribution in [3.05, 3.63) is 24.2 Å². The summed E-state index contributed by atoms with van der Waals surface area (Å²) in [6.07, 6.45) is 2.92. The third kappa shape index (κ3) is 4.54. The molecule has 0 aromatic carbocycles. The average Bonchev–Trinajstić information content (AvgIpc) is 3.31. The van der Waals surface area contributed by atoms with Gasteiger partial charge in [-0.2, -0.15) is 0 Å². The molecule has 0 spiro atoms. The molecule has 2 unspecified atom stereocenters. The van der Waals surface area contributed by atoms with Crippen LogP contribution < -0.4 is 5.32 Å². The molecule has 2 fully saturated rings. The Hall–Kier alpha value is -1.57. The zero-order valence-corrected chi connectivity index (χ0v) is 15.6. The van der Waals surface area contributed by atoms with Crippen molar-refractivity contribution in [3.63, 3.8) is 0 Å². The molecule has 0 radical (unpaired) electrons. The van der Waals surface area contributed by atoms with Gasteiger partial charge in [0.15, 0.2) is 5.96 Å². The molecule has 3 heterocycles. The number of hydrogen-bond acceptors (Lipinski definition) is 5. The van der Waals surface area contributed by atoms with E-state index in [0.717, 1.165) is 57.7 Å². The molecule has 2 aliphatic heterocycles. The molecule has 1 aromatic rings. The fourth-order valence-corrected chi connectivity index (χ4v) is 3.71. The second-order valence-electron chi connectivity index (χ2n) is 6.96. The van der Waals surface area contributed by atoms with Crippen molar-refractivity contribution in [2.24, 2.45) is 4.99 Å². The first-order valence-electron chi connectivity index (χ1n) is 9.16. The van der Waals surface area contributed by atoms with Crippen LogP contribution in [0.5, 0.6) is 0 Å². The van der Waals surface area contributed by atoms with Gasteiger partial charge in [0.25, 0.3) is 0 Å². The lowest BCUT2D eigenvalue weighted by molar-refractivity contribution is 0.0195. The number of ether oxygens (including phenoxy) is 1. The summed E-state index contributed by atoms with van der Waals surface area (Å²) in [7, 11) is 6.01. The minimum Gasteiger partial charge on any atom is -0.468 e. The molecular formula is C18H31N5O2. The number of nitrogens with one attached hydrogen (secondary N) is 1. The Kier molecular flexibility index (Phi) is 6.34. The van der Waals surface area contributed by atoms with Crippen molar-refractivity contribution >= 4 is 5.96 Å². The molecule has 0 bridgehead atoms. The lowest BCUT2D eigenvalue weighted by Gasteiger charge is -2.32. The first kappa shape index (κ1) is 18.2. The Morgan fingerprint density at radius 2 is 2.16 bits per heavy atom. The smallest absolute Gasteiger partial charge is 0.193 e. The molecule has 25 heavy (non-hydrogen) atoms. The first-order chi connectivity index (χ1) is 12.2. The zero-order chi connectivity index (χ0) is 17.6. The van der Waals surface area contributed by atoms with E-state index in [-0.39, 0.29) is 6.04 Å². The Labute approximate surface area is 150 Å². The van der Waals surface area contributed by atoms with Gasteiger partial charge in [-0.25, -0.2) is 0 Å². The van der Waals surface area contributed by atoms with Crippen LogP contribution in [-0.4, -0.2) is 93.8 Å². The standard InChI is InChI=1S/C18H31N5O2/c1-19-18(20-13-16(21(2)3)17-5-4-10-25-17)23-7-6-15(14-23)22-8-11-24-12-9-22/h4-5,10,15-16H,6-9,11-14H2,1-3H3,(H,19,20). The summed E-state index contributed by atoms with van der Waals surface area (Å²) in [4.78, 5) is 11.6. The van der Waals surface area contributed by atoms with Crippen LogP contribution in [0, 0.1) is 0 Å². The Morgan fingerprint density at radius 3 is 2.80 bits per heavy atom. The Morgan fingerprint density at radius 1 is 1.36 bits per heavy atom. The number of furan rings is 1. The largest absolute Gasteiger partial charge is 0.468 e. The van der Waals surface area contributed by atoms with Crippen LogP contribution in [0.2, 0.25) is 0 Å². The molecule has 2 aliphatic rings. The van der Waals surface area contributed by atoms with Crippen LogP contribution in [0.25, 0.3) is 0 Å². The molecule has 7 heteroatoms. The predicted molar refractivity (Wildman–Crippen MR) is 98.9 cm³/mol. The molecule has 2 atom stereocenters. The molecular weight excluding hydrogens is 318 g/mol. The maximum atomic E-state index is 5.59. The third-order valence-corrected chi connectivity index (χ3v) is 5.19. The normalized spacial score (nSPS) is 24.1.